The predicted octanol–water partition coefficient (Wildman–Crippen LogP) is 1.17. The van der Waals surface area contributed by atoms with Gasteiger partial charge in [0.1, 0.15) is 6.04 Å². The minimum Gasteiger partial charge on any atom is -0.377 e. The van der Waals surface area contributed by atoms with Gasteiger partial charge in [0.2, 0.25) is 11.8 Å². The van der Waals surface area contributed by atoms with Crippen molar-refractivity contribution in [1.82, 2.24) is 10.2 Å². The molecule has 1 aliphatic heterocycles. The molecule has 1 saturated heterocycles. The van der Waals surface area contributed by atoms with Crippen LogP contribution in [0.1, 0.15) is 41.0 Å². The summed E-state index contributed by atoms with van der Waals surface area (Å²) in [7, 11) is 1.63. The van der Waals surface area contributed by atoms with Crippen LogP contribution in [-0.2, 0) is 14.3 Å². The maximum absolute atomic E-state index is 12.6. The van der Waals surface area contributed by atoms with Gasteiger partial charge in [0, 0.05) is 26.6 Å². The lowest BCUT2D eigenvalue weighted by Crippen LogP contribution is -2.54. The van der Waals surface area contributed by atoms with Crippen LogP contribution in [0.3, 0.4) is 0 Å². The molecule has 0 aromatic carbocycles. The maximum Gasteiger partial charge on any atom is 0.245 e. The van der Waals surface area contributed by atoms with Crippen LogP contribution in [0.4, 0.5) is 0 Å². The number of hydrogen-bond acceptors (Lipinski definition) is 3. The lowest BCUT2D eigenvalue weighted by Gasteiger charge is -2.35. The molecule has 1 rings (SSSR count). The van der Waals surface area contributed by atoms with Crippen molar-refractivity contribution in [2.24, 2.45) is 5.41 Å². The first-order valence-corrected chi connectivity index (χ1v) is 6.70. The van der Waals surface area contributed by atoms with E-state index < -0.39 is 11.6 Å². The van der Waals surface area contributed by atoms with Crippen LogP contribution in [0.2, 0.25) is 0 Å². The van der Waals surface area contributed by atoms with Gasteiger partial charge >= 0.3 is 0 Å². The molecule has 0 radical (unpaired) electrons. The maximum atomic E-state index is 12.6. The summed E-state index contributed by atoms with van der Waals surface area (Å²) >= 11 is 0. The smallest absolute Gasteiger partial charge is 0.245 e. The van der Waals surface area contributed by atoms with Crippen molar-refractivity contribution in [3.63, 3.8) is 0 Å². The Hall–Kier alpha value is -1.10. The molecule has 5 nitrogen and oxygen atoms in total. The van der Waals surface area contributed by atoms with Crippen molar-refractivity contribution in [2.45, 2.75) is 52.7 Å². The fourth-order valence-electron chi connectivity index (χ4n) is 2.09. The summed E-state index contributed by atoms with van der Waals surface area (Å²) in [6, 6.07) is -0.477. The van der Waals surface area contributed by atoms with Crippen molar-refractivity contribution >= 4 is 11.8 Å². The van der Waals surface area contributed by atoms with Crippen LogP contribution >= 0.6 is 0 Å². The van der Waals surface area contributed by atoms with E-state index in [-0.39, 0.29) is 17.2 Å². The summed E-state index contributed by atoms with van der Waals surface area (Å²) in [6.07, 6.45) is 0.345. The second-order valence-electron chi connectivity index (χ2n) is 6.84. The summed E-state index contributed by atoms with van der Waals surface area (Å²) in [6.45, 7) is 10.7. The second-order valence-corrected chi connectivity index (χ2v) is 6.84. The third kappa shape index (κ3) is 4.20. The number of carbonyl (C=O) groups excluding carboxylic acids is 2. The number of amides is 2. The number of nitrogens with zero attached hydrogens (tertiary/aromatic N) is 1. The van der Waals surface area contributed by atoms with Crippen molar-refractivity contribution in [3.8, 4) is 0 Å². The van der Waals surface area contributed by atoms with Gasteiger partial charge in [-0.1, -0.05) is 20.8 Å². The molecule has 0 bridgehead atoms. The Morgan fingerprint density at radius 3 is 2.32 bits per heavy atom. The highest BCUT2D eigenvalue weighted by atomic mass is 16.5. The first kappa shape index (κ1) is 16.0. The van der Waals surface area contributed by atoms with E-state index in [1.807, 2.05) is 34.6 Å². The molecule has 5 heteroatoms. The molecule has 1 unspecified atom stereocenters. The lowest BCUT2D eigenvalue weighted by atomic mass is 9.86. The number of hydrogen-bond donors (Lipinski definition) is 1. The highest BCUT2D eigenvalue weighted by Gasteiger charge is 2.39. The Balaban J connectivity index is 2.93. The quantitative estimate of drug-likeness (QED) is 0.837. The average molecular weight is 270 g/mol. The number of rotatable bonds is 3. The van der Waals surface area contributed by atoms with Crippen LogP contribution in [-0.4, -0.2) is 48.6 Å². The van der Waals surface area contributed by atoms with Gasteiger partial charge in [-0.05, 0) is 19.3 Å². The molecule has 0 saturated carbocycles. The van der Waals surface area contributed by atoms with E-state index in [4.69, 9.17) is 4.74 Å². The molecule has 1 aliphatic rings. The van der Waals surface area contributed by atoms with Crippen LogP contribution < -0.4 is 5.32 Å². The van der Waals surface area contributed by atoms with Gasteiger partial charge in [0.05, 0.1) is 5.60 Å². The molecular weight excluding hydrogens is 244 g/mol. The van der Waals surface area contributed by atoms with E-state index in [0.29, 0.717) is 19.5 Å². The molecule has 1 N–H and O–H groups in total. The Kier molecular flexibility index (Phi) is 4.61. The van der Waals surface area contributed by atoms with Gasteiger partial charge in [0.15, 0.2) is 0 Å². The third-order valence-electron chi connectivity index (χ3n) is 3.46. The van der Waals surface area contributed by atoms with E-state index in [1.54, 1.807) is 12.0 Å². The summed E-state index contributed by atoms with van der Waals surface area (Å²) in [5.74, 6) is -0.0885. The minimum absolute atomic E-state index is 0.0246. The molecule has 0 spiro atoms. The average Bonchev–Trinajstić information content (AvgIpc) is 2.41. The molecule has 1 atom stereocenters. The van der Waals surface area contributed by atoms with Crippen molar-refractivity contribution in [2.75, 3.05) is 20.2 Å². The largest absolute Gasteiger partial charge is 0.377 e. The Morgan fingerprint density at radius 2 is 1.84 bits per heavy atom. The zero-order valence-corrected chi connectivity index (χ0v) is 12.9. The van der Waals surface area contributed by atoms with Crippen molar-refractivity contribution in [3.05, 3.63) is 0 Å². The number of ether oxygens (including phenoxy) is 1. The standard InChI is InChI=1S/C14H26N2O3/c1-13(2,3)11-12(18)16(8-7-10(17)15-11)9-14(4,5)19-6/h11H,7-9H2,1-6H3,(H,15,17). The fourth-order valence-corrected chi connectivity index (χ4v) is 2.09. The molecule has 0 aromatic rings. The van der Waals surface area contributed by atoms with Gasteiger partial charge in [0.25, 0.3) is 0 Å². The molecular formula is C14H26N2O3. The molecule has 0 aromatic heterocycles. The van der Waals surface area contributed by atoms with Gasteiger partial charge < -0.3 is 15.0 Å². The Labute approximate surface area is 115 Å². The molecule has 1 heterocycles. The fraction of sp³-hybridized carbons (Fsp3) is 0.857. The molecule has 0 aliphatic carbocycles. The van der Waals surface area contributed by atoms with Gasteiger partial charge in [-0.25, -0.2) is 0 Å². The molecule has 19 heavy (non-hydrogen) atoms. The number of methoxy groups -OCH3 is 1. The normalized spacial score (nSPS) is 22.2. The topological polar surface area (TPSA) is 58.6 Å². The minimum atomic E-state index is -0.477. The first-order chi connectivity index (χ1) is 8.57. The van der Waals surface area contributed by atoms with Crippen LogP contribution in [0.25, 0.3) is 0 Å². The third-order valence-corrected chi connectivity index (χ3v) is 3.46. The predicted molar refractivity (Wildman–Crippen MR) is 73.7 cm³/mol. The Bertz CT molecular complexity index is 358. The van der Waals surface area contributed by atoms with Gasteiger partial charge in [-0.2, -0.15) is 0 Å². The lowest BCUT2D eigenvalue weighted by molar-refractivity contribution is -0.139. The Morgan fingerprint density at radius 1 is 1.26 bits per heavy atom. The van der Waals surface area contributed by atoms with Gasteiger partial charge in [-0.15, -0.1) is 0 Å². The highest BCUT2D eigenvalue weighted by Crippen LogP contribution is 2.24. The van der Waals surface area contributed by atoms with Gasteiger partial charge in [-0.3, -0.25) is 9.59 Å². The van der Waals surface area contributed by atoms with E-state index >= 15 is 0 Å². The van der Waals surface area contributed by atoms with Crippen LogP contribution in [0.15, 0.2) is 0 Å². The monoisotopic (exact) mass is 270 g/mol. The molecule has 2 amide bonds. The first-order valence-electron chi connectivity index (χ1n) is 6.70. The summed E-state index contributed by atoms with van der Waals surface area (Å²) in [5, 5.41) is 2.83. The number of nitrogens with one attached hydrogen (secondary N) is 1. The zero-order valence-electron chi connectivity index (χ0n) is 12.9. The van der Waals surface area contributed by atoms with E-state index in [9.17, 15) is 9.59 Å². The van der Waals surface area contributed by atoms with E-state index in [2.05, 4.69) is 5.32 Å². The summed E-state index contributed by atoms with van der Waals surface area (Å²) < 4.78 is 5.38. The number of carbonyl (C=O) groups is 2. The van der Waals surface area contributed by atoms with Crippen molar-refractivity contribution < 1.29 is 14.3 Å². The molecule has 1 fully saturated rings. The van der Waals surface area contributed by atoms with E-state index in [1.165, 1.54) is 0 Å². The van der Waals surface area contributed by atoms with E-state index in [0.717, 1.165) is 0 Å². The van der Waals surface area contributed by atoms with Crippen molar-refractivity contribution in [1.29, 1.82) is 0 Å². The summed E-state index contributed by atoms with van der Waals surface area (Å²) in [5.41, 5.74) is -0.710. The summed E-state index contributed by atoms with van der Waals surface area (Å²) in [4.78, 5) is 26.1. The van der Waals surface area contributed by atoms with Crippen LogP contribution in [0, 0.1) is 5.41 Å². The SMILES string of the molecule is COC(C)(C)CN1CCC(=O)NC(C(C)(C)C)C1=O. The highest BCUT2D eigenvalue weighted by molar-refractivity contribution is 5.90. The zero-order chi connectivity index (χ0) is 14.8. The second kappa shape index (κ2) is 5.49. The van der Waals surface area contributed by atoms with Crippen LogP contribution in [0.5, 0.6) is 0 Å². The molecule has 110 valence electrons.